The predicted octanol–water partition coefficient (Wildman–Crippen LogP) is 0.361. The molecule has 1 aliphatic heterocycles. The van der Waals surface area contributed by atoms with Crippen LogP contribution in [0.15, 0.2) is 0 Å². The van der Waals surface area contributed by atoms with Gasteiger partial charge in [-0.3, -0.25) is 4.79 Å². The fraction of sp³-hybridized carbons (Fsp3) is 0.929. The lowest BCUT2D eigenvalue weighted by Crippen LogP contribution is -2.56. The Morgan fingerprint density at radius 3 is 2.53 bits per heavy atom. The van der Waals surface area contributed by atoms with E-state index in [9.17, 15) is 4.79 Å². The molecule has 2 aliphatic rings. The lowest BCUT2D eigenvalue weighted by Gasteiger charge is -2.48. The molecule has 0 radical (unpaired) electrons. The fourth-order valence-electron chi connectivity index (χ4n) is 3.48. The van der Waals surface area contributed by atoms with Crippen molar-refractivity contribution < 1.29 is 14.6 Å². The van der Waals surface area contributed by atoms with E-state index < -0.39 is 0 Å². The van der Waals surface area contributed by atoms with Crippen LogP contribution in [0.2, 0.25) is 0 Å². The summed E-state index contributed by atoms with van der Waals surface area (Å²) in [5.74, 6) is 0.867. The molecule has 0 atom stereocenters. The molecule has 0 unspecified atom stereocenters. The van der Waals surface area contributed by atoms with Crippen LogP contribution < -0.4 is 5.73 Å². The molecule has 2 fully saturated rings. The Morgan fingerprint density at radius 2 is 2.05 bits per heavy atom. The van der Waals surface area contributed by atoms with Gasteiger partial charge >= 0.3 is 0 Å². The maximum Gasteiger partial charge on any atom is 0.230 e. The Balaban J connectivity index is 1.82. The van der Waals surface area contributed by atoms with Crippen molar-refractivity contribution in [1.29, 1.82) is 0 Å². The van der Waals surface area contributed by atoms with Gasteiger partial charge in [-0.25, -0.2) is 0 Å². The number of carbonyl (C=O) groups is 1. The number of nitrogens with two attached hydrogens (primary N) is 1. The third-order valence-electron chi connectivity index (χ3n) is 4.50. The molecule has 1 aliphatic carbocycles. The normalized spacial score (nSPS) is 32.2. The van der Waals surface area contributed by atoms with Gasteiger partial charge in [-0.1, -0.05) is 6.92 Å². The van der Waals surface area contributed by atoms with E-state index in [4.69, 9.17) is 15.6 Å². The number of aliphatic hydroxyl groups excluding tert-OH is 1. The highest BCUT2D eigenvalue weighted by molar-refractivity contribution is 5.84. The van der Waals surface area contributed by atoms with Gasteiger partial charge in [-0.05, 0) is 31.6 Å². The smallest absolute Gasteiger partial charge is 0.230 e. The summed E-state index contributed by atoms with van der Waals surface area (Å²) < 4.78 is 5.52. The van der Waals surface area contributed by atoms with Crippen molar-refractivity contribution in [3.8, 4) is 0 Å². The van der Waals surface area contributed by atoms with Crippen molar-refractivity contribution in [2.45, 2.75) is 38.7 Å². The zero-order valence-electron chi connectivity index (χ0n) is 11.8. The van der Waals surface area contributed by atoms with Crippen molar-refractivity contribution in [3.05, 3.63) is 0 Å². The Morgan fingerprint density at radius 1 is 1.42 bits per heavy atom. The van der Waals surface area contributed by atoms with E-state index in [1.54, 1.807) is 0 Å². The second-order valence-electron chi connectivity index (χ2n) is 6.08. The van der Waals surface area contributed by atoms with Crippen LogP contribution in [-0.4, -0.2) is 54.9 Å². The summed E-state index contributed by atoms with van der Waals surface area (Å²) in [7, 11) is 0. The van der Waals surface area contributed by atoms with Crippen LogP contribution in [-0.2, 0) is 9.53 Å². The third-order valence-corrected chi connectivity index (χ3v) is 4.50. The van der Waals surface area contributed by atoms with Crippen LogP contribution in [0, 0.1) is 11.3 Å². The number of aliphatic hydroxyl groups is 1. The molecule has 19 heavy (non-hydrogen) atoms. The molecule has 1 saturated carbocycles. The molecule has 1 saturated heterocycles. The number of carbonyl (C=O) groups excluding carboxylic acids is 1. The average Bonchev–Trinajstić information content (AvgIpc) is 2.41. The SMILES string of the molecule is CC1CC(CN)(C(=O)N2CCC(OCCO)CC2)C1. The van der Waals surface area contributed by atoms with Gasteiger partial charge in [0.1, 0.15) is 0 Å². The summed E-state index contributed by atoms with van der Waals surface area (Å²) in [5.41, 5.74) is 5.55. The van der Waals surface area contributed by atoms with Gasteiger partial charge in [0, 0.05) is 19.6 Å². The average molecular weight is 270 g/mol. The molecule has 5 heteroatoms. The van der Waals surface area contributed by atoms with E-state index in [0.717, 1.165) is 38.8 Å². The van der Waals surface area contributed by atoms with Gasteiger partial charge in [0.25, 0.3) is 0 Å². The molecule has 5 nitrogen and oxygen atoms in total. The lowest BCUT2D eigenvalue weighted by atomic mass is 9.61. The van der Waals surface area contributed by atoms with E-state index in [2.05, 4.69) is 6.92 Å². The quantitative estimate of drug-likeness (QED) is 0.756. The van der Waals surface area contributed by atoms with E-state index in [1.807, 2.05) is 4.90 Å². The first-order chi connectivity index (χ1) is 9.11. The molecule has 0 aromatic carbocycles. The Hall–Kier alpha value is -0.650. The van der Waals surface area contributed by atoms with Crippen LogP contribution in [0.5, 0.6) is 0 Å². The third kappa shape index (κ3) is 3.09. The maximum atomic E-state index is 12.6. The number of ether oxygens (including phenoxy) is 1. The molecule has 2 rings (SSSR count). The minimum Gasteiger partial charge on any atom is -0.394 e. The van der Waals surface area contributed by atoms with Crippen LogP contribution in [0.4, 0.5) is 0 Å². The number of likely N-dealkylation sites (tertiary alicyclic amines) is 1. The number of nitrogens with zero attached hydrogens (tertiary/aromatic N) is 1. The van der Waals surface area contributed by atoms with Gasteiger partial charge in [0.05, 0.1) is 24.7 Å². The molecule has 3 N–H and O–H groups in total. The second kappa shape index (κ2) is 6.20. The van der Waals surface area contributed by atoms with Gasteiger partial charge in [0.2, 0.25) is 5.91 Å². The first-order valence-corrected chi connectivity index (χ1v) is 7.33. The van der Waals surface area contributed by atoms with Crippen LogP contribution in [0.25, 0.3) is 0 Å². The molecule has 110 valence electrons. The minimum atomic E-state index is -0.280. The van der Waals surface area contributed by atoms with E-state index in [0.29, 0.717) is 19.1 Å². The van der Waals surface area contributed by atoms with Gasteiger partial charge < -0.3 is 20.5 Å². The fourth-order valence-corrected chi connectivity index (χ4v) is 3.48. The van der Waals surface area contributed by atoms with Crippen molar-refractivity contribution in [3.63, 3.8) is 0 Å². The summed E-state index contributed by atoms with van der Waals surface area (Å²) in [6, 6.07) is 0. The summed E-state index contributed by atoms with van der Waals surface area (Å²) in [5, 5.41) is 8.74. The highest BCUT2D eigenvalue weighted by Gasteiger charge is 2.49. The highest BCUT2D eigenvalue weighted by Crippen LogP contribution is 2.46. The standard InChI is InChI=1S/C14H26N2O3/c1-11-8-14(9-11,10-15)13(18)16-4-2-12(3-5-16)19-7-6-17/h11-12,17H,2-10,15H2,1H3. The molecular weight excluding hydrogens is 244 g/mol. The van der Waals surface area contributed by atoms with Gasteiger partial charge in [-0.2, -0.15) is 0 Å². The minimum absolute atomic E-state index is 0.0628. The zero-order valence-corrected chi connectivity index (χ0v) is 11.8. The molecule has 0 aromatic rings. The maximum absolute atomic E-state index is 12.6. The largest absolute Gasteiger partial charge is 0.394 e. The molecular formula is C14H26N2O3. The van der Waals surface area contributed by atoms with Gasteiger partial charge in [0.15, 0.2) is 0 Å². The Kier molecular flexibility index (Phi) is 4.81. The number of rotatable bonds is 5. The van der Waals surface area contributed by atoms with Crippen molar-refractivity contribution >= 4 is 5.91 Å². The lowest BCUT2D eigenvalue weighted by molar-refractivity contribution is -0.152. The van der Waals surface area contributed by atoms with E-state index >= 15 is 0 Å². The summed E-state index contributed by atoms with van der Waals surface area (Å²) in [4.78, 5) is 14.5. The highest BCUT2D eigenvalue weighted by atomic mass is 16.5. The molecule has 1 heterocycles. The summed E-state index contributed by atoms with van der Waals surface area (Å²) >= 11 is 0. The first kappa shape index (κ1) is 14.8. The van der Waals surface area contributed by atoms with Crippen molar-refractivity contribution in [2.75, 3.05) is 32.8 Å². The number of hydrogen-bond donors (Lipinski definition) is 2. The van der Waals surface area contributed by atoms with E-state index in [1.165, 1.54) is 0 Å². The number of hydrogen-bond acceptors (Lipinski definition) is 4. The molecule has 0 bridgehead atoms. The van der Waals surface area contributed by atoms with Crippen molar-refractivity contribution in [2.24, 2.45) is 17.1 Å². The summed E-state index contributed by atoms with van der Waals surface area (Å²) in [6.45, 7) is 4.61. The van der Waals surface area contributed by atoms with Crippen molar-refractivity contribution in [1.82, 2.24) is 4.90 Å². The van der Waals surface area contributed by atoms with Crippen LogP contribution in [0.1, 0.15) is 32.6 Å². The molecule has 0 aromatic heterocycles. The van der Waals surface area contributed by atoms with Crippen LogP contribution >= 0.6 is 0 Å². The number of piperidine rings is 1. The Bertz CT molecular complexity index is 308. The van der Waals surface area contributed by atoms with Gasteiger partial charge in [-0.15, -0.1) is 0 Å². The van der Waals surface area contributed by atoms with Crippen LogP contribution in [0.3, 0.4) is 0 Å². The summed E-state index contributed by atoms with van der Waals surface area (Å²) in [6.07, 6.45) is 3.78. The second-order valence-corrected chi connectivity index (χ2v) is 6.08. The first-order valence-electron chi connectivity index (χ1n) is 7.33. The van der Waals surface area contributed by atoms with E-state index in [-0.39, 0.29) is 24.0 Å². The Labute approximate surface area is 115 Å². The zero-order chi connectivity index (χ0) is 13.9. The monoisotopic (exact) mass is 270 g/mol. The predicted molar refractivity (Wildman–Crippen MR) is 72.5 cm³/mol. The number of amides is 1. The molecule has 0 spiro atoms. The molecule has 1 amide bonds. The topological polar surface area (TPSA) is 75.8 Å².